The van der Waals surface area contributed by atoms with Crippen molar-refractivity contribution < 1.29 is 4.79 Å². The Balaban J connectivity index is 2.00. The van der Waals surface area contributed by atoms with E-state index in [4.69, 9.17) is 0 Å². The molecule has 1 amide bonds. The summed E-state index contributed by atoms with van der Waals surface area (Å²) in [6, 6.07) is 0.410. The van der Waals surface area contributed by atoms with Crippen LogP contribution in [0.5, 0.6) is 0 Å². The molecule has 0 spiro atoms. The maximum Gasteiger partial charge on any atom is 0.274 e. The second-order valence-corrected chi connectivity index (χ2v) is 5.93. The standard InChI is InChI=1S/C15H25N5O/c1-5-6-16-14-8-17-12(7-18-14)15(21)20-9-11(2)13(10-20)19(3)4/h7-8,11,13H,5-6,9-10H2,1-4H3,(H,16,18). The second kappa shape index (κ2) is 6.85. The first-order chi connectivity index (χ1) is 10.0. The fourth-order valence-electron chi connectivity index (χ4n) is 2.73. The molecule has 2 unspecified atom stereocenters. The summed E-state index contributed by atoms with van der Waals surface area (Å²) in [4.78, 5) is 25.0. The van der Waals surface area contributed by atoms with E-state index in [2.05, 4.69) is 48.1 Å². The molecule has 0 radical (unpaired) electrons. The molecular weight excluding hydrogens is 266 g/mol. The summed E-state index contributed by atoms with van der Waals surface area (Å²) in [5.74, 6) is 1.16. The molecule has 1 saturated heterocycles. The van der Waals surface area contributed by atoms with Gasteiger partial charge < -0.3 is 15.1 Å². The zero-order chi connectivity index (χ0) is 15.4. The van der Waals surface area contributed by atoms with Crippen molar-refractivity contribution >= 4 is 11.7 Å². The Kier molecular flexibility index (Phi) is 5.12. The summed E-state index contributed by atoms with van der Waals surface area (Å²) in [5, 5.41) is 3.15. The number of likely N-dealkylation sites (tertiary alicyclic amines) is 1. The van der Waals surface area contributed by atoms with Crippen molar-refractivity contribution in [3.63, 3.8) is 0 Å². The number of carbonyl (C=O) groups is 1. The van der Waals surface area contributed by atoms with Gasteiger partial charge >= 0.3 is 0 Å². The molecule has 0 aromatic carbocycles. The summed E-state index contributed by atoms with van der Waals surface area (Å²) in [7, 11) is 4.12. The lowest BCUT2D eigenvalue weighted by Gasteiger charge is -2.22. The van der Waals surface area contributed by atoms with Crippen LogP contribution in [0, 0.1) is 5.92 Å². The van der Waals surface area contributed by atoms with Crippen LogP contribution in [0.4, 0.5) is 5.82 Å². The van der Waals surface area contributed by atoms with Gasteiger partial charge in [0.15, 0.2) is 0 Å². The van der Waals surface area contributed by atoms with Crippen molar-refractivity contribution in [1.29, 1.82) is 0 Å². The molecule has 6 heteroatoms. The predicted molar refractivity (Wildman–Crippen MR) is 83.4 cm³/mol. The van der Waals surface area contributed by atoms with Crippen LogP contribution < -0.4 is 5.32 Å². The fraction of sp³-hybridized carbons (Fsp3) is 0.667. The fourth-order valence-corrected chi connectivity index (χ4v) is 2.73. The molecule has 0 aliphatic carbocycles. The zero-order valence-corrected chi connectivity index (χ0v) is 13.3. The molecule has 2 atom stereocenters. The third kappa shape index (κ3) is 3.69. The summed E-state index contributed by atoms with van der Waals surface area (Å²) in [6.07, 6.45) is 4.22. The quantitative estimate of drug-likeness (QED) is 0.886. The van der Waals surface area contributed by atoms with E-state index < -0.39 is 0 Å². The molecule has 2 heterocycles. The number of aromatic nitrogens is 2. The van der Waals surface area contributed by atoms with Crippen LogP contribution >= 0.6 is 0 Å². The minimum Gasteiger partial charge on any atom is -0.369 e. The molecule has 2 rings (SSSR count). The van der Waals surface area contributed by atoms with Crippen LogP contribution in [0.3, 0.4) is 0 Å². The first-order valence-corrected chi connectivity index (χ1v) is 7.54. The average molecular weight is 291 g/mol. The molecule has 1 aliphatic rings. The number of hydrogen-bond acceptors (Lipinski definition) is 5. The van der Waals surface area contributed by atoms with Gasteiger partial charge in [0.2, 0.25) is 0 Å². The average Bonchev–Trinajstić information content (AvgIpc) is 2.87. The minimum absolute atomic E-state index is 0.0271. The molecule has 116 valence electrons. The maximum atomic E-state index is 12.5. The number of nitrogens with one attached hydrogen (secondary N) is 1. The van der Waals surface area contributed by atoms with Gasteiger partial charge in [0.1, 0.15) is 11.5 Å². The molecule has 1 aromatic heterocycles. The lowest BCUT2D eigenvalue weighted by atomic mass is 10.1. The van der Waals surface area contributed by atoms with E-state index >= 15 is 0 Å². The molecule has 0 bridgehead atoms. The predicted octanol–water partition coefficient (Wildman–Crippen LogP) is 1.32. The van der Waals surface area contributed by atoms with Crippen molar-refractivity contribution in [2.45, 2.75) is 26.3 Å². The Labute approximate surface area is 126 Å². The van der Waals surface area contributed by atoms with Gasteiger partial charge in [0.25, 0.3) is 5.91 Å². The van der Waals surface area contributed by atoms with Crippen LogP contribution in [0.1, 0.15) is 30.8 Å². The molecular formula is C15H25N5O. The van der Waals surface area contributed by atoms with Crippen molar-refractivity contribution in [2.75, 3.05) is 39.0 Å². The van der Waals surface area contributed by atoms with E-state index in [-0.39, 0.29) is 5.91 Å². The topological polar surface area (TPSA) is 61.4 Å². The van der Waals surface area contributed by atoms with Crippen molar-refractivity contribution in [2.24, 2.45) is 5.92 Å². The van der Waals surface area contributed by atoms with E-state index in [1.54, 1.807) is 12.4 Å². The zero-order valence-electron chi connectivity index (χ0n) is 13.3. The first kappa shape index (κ1) is 15.7. The highest BCUT2D eigenvalue weighted by Gasteiger charge is 2.34. The highest BCUT2D eigenvalue weighted by atomic mass is 16.2. The Morgan fingerprint density at radius 3 is 2.67 bits per heavy atom. The highest BCUT2D eigenvalue weighted by Crippen LogP contribution is 2.21. The van der Waals surface area contributed by atoms with Gasteiger partial charge in [-0.2, -0.15) is 0 Å². The molecule has 1 aliphatic heterocycles. The second-order valence-electron chi connectivity index (χ2n) is 5.93. The van der Waals surface area contributed by atoms with Gasteiger partial charge in [-0.25, -0.2) is 9.97 Å². The van der Waals surface area contributed by atoms with Gasteiger partial charge in [-0.1, -0.05) is 13.8 Å². The van der Waals surface area contributed by atoms with Gasteiger partial charge in [-0.15, -0.1) is 0 Å². The van der Waals surface area contributed by atoms with Gasteiger partial charge in [-0.05, 0) is 26.4 Å². The normalized spacial score (nSPS) is 21.9. The number of likely N-dealkylation sites (N-methyl/N-ethyl adjacent to an activating group) is 1. The van der Waals surface area contributed by atoms with E-state index in [9.17, 15) is 4.79 Å². The monoisotopic (exact) mass is 291 g/mol. The first-order valence-electron chi connectivity index (χ1n) is 7.54. The van der Waals surface area contributed by atoms with E-state index in [0.717, 1.165) is 26.1 Å². The summed E-state index contributed by atoms with van der Waals surface area (Å²) in [6.45, 7) is 6.66. The Morgan fingerprint density at radius 2 is 2.14 bits per heavy atom. The van der Waals surface area contributed by atoms with Crippen molar-refractivity contribution in [3.05, 3.63) is 18.1 Å². The summed E-state index contributed by atoms with van der Waals surface area (Å²) >= 11 is 0. The number of nitrogens with zero attached hydrogens (tertiary/aromatic N) is 4. The number of amides is 1. The smallest absolute Gasteiger partial charge is 0.274 e. The third-order valence-corrected chi connectivity index (χ3v) is 3.95. The van der Waals surface area contributed by atoms with Crippen molar-refractivity contribution in [3.8, 4) is 0 Å². The molecule has 0 saturated carbocycles. The lowest BCUT2D eigenvalue weighted by Crippen LogP contribution is -2.36. The van der Waals surface area contributed by atoms with Crippen LogP contribution in [0.15, 0.2) is 12.4 Å². The number of rotatable bonds is 5. The number of anilines is 1. The Bertz CT molecular complexity index is 473. The molecule has 21 heavy (non-hydrogen) atoms. The lowest BCUT2D eigenvalue weighted by molar-refractivity contribution is 0.0775. The molecule has 1 N–H and O–H groups in total. The van der Waals surface area contributed by atoms with Crippen LogP contribution in [0.2, 0.25) is 0 Å². The highest BCUT2D eigenvalue weighted by molar-refractivity contribution is 5.92. The molecule has 1 aromatic rings. The third-order valence-electron chi connectivity index (χ3n) is 3.95. The van der Waals surface area contributed by atoms with Gasteiger partial charge in [-0.3, -0.25) is 4.79 Å². The van der Waals surface area contributed by atoms with Gasteiger partial charge in [0, 0.05) is 25.7 Å². The molecule has 1 fully saturated rings. The Morgan fingerprint density at radius 1 is 1.38 bits per heavy atom. The Hall–Kier alpha value is -1.69. The van der Waals surface area contributed by atoms with Gasteiger partial charge in [0.05, 0.1) is 12.4 Å². The summed E-state index contributed by atoms with van der Waals surface area (Å²) < 4.78 is 0. The van der Waals surface area contributed by atoms with E-state index in [1.165, 1.54) is 0 Å². The van der Waals surface area contributed by atoms with Crippen LogP contribution in [-0.4, -0.2) is 65.4 Å². The number of carbonyl (C=O) groups excluding carboxylic acids is 1. The SMILES string of the molecule is CCCNc1cnc(C(=O)N2CC(C)C(N(C)C)C2)cn1. The maximum absolute atomic E-state index is 12.5. The number of hydrogen-bond donors (Lipinski definition) is 1. The van der Waals surface area contributed by atoms with E-state index in [0.29, 0.717) is 23.5 Å². The van der Waals surface area contributed by atoms with Crippen LogP contribution in [-0.2, 0) is 0 Å². The molecule has 6 nitrogen and oxygen atoms in total. The largest absolute Gasteiger partial charge is 0.369 e. The summed E-state index contributed by atoms with van der Waals surface area (Å²) in [5.41, 5.74) is 0.420. The minimum atomic E-state index is -0.0271. The van der Waals surface area contributed by atoms with Crippen molar-refractivity contribution in [1.82, 2.24) is 19.8 Å². The van der Waals surface area contributed by atoms with E-state index in [1.807, 2.05) is 4.90 Å². The van der Waals surface area contributed by atoms with Crippen LogP contribution in [0.25, 0.3) is 0 Å².